The van der Waals surface area contributed by atoms with E-state index in [1.165, 1.54) is 24.1 Å². The van der Waals surface area contributed by atoms with Gasteiger partial charge in [-0.25, -0.2) is 0 Å². The van der Waals surface area contributed by atoms with Crippen molar-refractivity contribution in [3.63, 3.8) is 0 Å². The van der Waals surface area contributed by atoms with Crippen molar-refractivity contribution in [2.45, 2.75) is 57.9 Å². The second-order valence-electron chi connectivity index (χ2n) is 4.79. The zero-order chi connectivity index (χ0) is 12.3. The van der Waals surface area contributed by atoms with Crippen LogP contribution in [0.2, 0.25) is 0 Å². The van der Waals surface area contributed by atoms with Gasteiger partial charge in [0.15, 0.2) is 0 Å². The summed E-state index contributed by atoms with van der Waals surface area (Å²) in [6.45, 7) is 3.01. The summed E-state index contributed by atoms with van der Waals surface area (Å²) in [5, 5.41) is 0. The number of halogens is 1. The average Bonchev–Trinajstić information content (AvgIpc) is 2.37. The summed E-state index contributed by atoms with van der Waals surface area (Å²) in [5.41, 5.74) is 3.52. The van der Waals surface area contributed by atoms with Crippen LogP contribution in [-0.2, 0) is 25.3 Å². The minimum absolute atomic E-state index is 0.133. The highest BCUT2D eigenvalue weighted by Crippen LogP contribution is 2.21. The number of fused-ring (bicyclic) bond motifs is 1. The predicted molar refractivity (Wildman–Crippen MR) is 71.8 cm³/mol. The van der Waals surface area contributed by atoms with Gasteiger partial charge in [-0.1, -0.05) is 13.3 Å². The SMILES string of the molecule is CCCCn1c2c(cc(CCl)c1=O)CCCC2. The third kappa shape index (κ3) is 2.57. The van der Waals surface area contributed by atoms with E-state index in [1.54, 1.807) is 0 Å². The minimum Gasteiger partial charge on any atom is -0.312 e. The molecule has 1 aromatic rings. The fourth-order valence-electron chi connectivity index (χ4n) is 2.59. The molecule has 0 saturated carbocycles. The Balaban J connectivity index is 2.48. The Kier molecular flexibility index (Phi) is 4.27. The van der Waals surface area contributed by atoms with Gasteiger partial charge in [-0.15, -0.1) is 11.6 Å². The highest BCUT2D eigenvalue weighted by molar-refractivity contribution is 6.17. The van der Waals surface area contributed by atoms with Gasteiger partial charge < -0.3 is 4.57 Å². The molecule has 0 radical (unpaired) electrons. The molecule has 0 amide bonds. The normalized spacial score (nSPS) is 14.7. The van der Waals surface area contributed by atoms with E-state index >= 15 is 0 Å². The van der Waals surface area contributed by atoms with Crippen LogP contribution in [0.3, 0.4) is 0 Å². The summed E-state index contributed by atoms with van der Waals surface area (Å²) >= 11 is 5.87. The fourth-order valence-corrected chi connectivity index (χ4v) is 2.78. The van der Waals surface area contributed by atoms with E-state index in [2.05, 4.69) is 6.92 Å². The molecule has 94 valence electrons. The molecule has 0 bridgehead atoms. The first-order chi connectivity index (χ1) is 8.27. The van der Waals surface area contributed by atoms with E-state index in [0.717, 1.165) is 37.8 Å². The average molecular weight is 254 g/mol. The topological polar surface area (TPSA) is 22.0 Å². The maximum atomic E-state index is 12.3. The maximum Gasteiger partial charge on any atom is 0.255 e. The van der Waals surface area contributed by atoms with Crippen molar-refractivity contribution in [3.05, 3.63) is 33.2 Å². The van der Waals surface area contributed by atoms with Crippen LogP contribution in [0.4, 0.5) is 0 Å². The number of unbranched alkanes of at least 4 members (excludes halogenated alkanes) is 1. The summed E-state index contributed by atoms with van der Waals surface area (Å²) in [4.78, 5) is 12.3. The standard InChI is InChI=1S/C14H20ClNO/c1-2-3-8-16-13-7-5-4-6-11(13)9-12(10-15)14(16)17/h9H,2-8,10H2,1H3. The van der Waals surface area contributed by atoms with Crippen LogP contribution in [0.1, 0.15) is 49.4 Å². The van der Waals surface area contributed by atoms with Gasteiger partial charge in [0.1, 0.15) is 0 Å². The molecule has 0 spiro atoms. The monoisotopic (exact) mass is 253 g/mol. The van der Waals surface area contributed by atoms with Gasteiger partial charge in [0.2, 0.25) is 0 Å². The fraction of sp³-hybridized carbons (Fsp3) is 0.643. The molecular weight excluding hydrogens is 234 g/mol. The number of aromatic nitrogens is 1. The van der Waals surface area contributed by atoms with Crippen molar-refractivity contribution < 1.29 is 0 Å². The van der Waals surface area contributed by atoms with Gasteiger partial charge in [0.25, 0.3) is 5.56 Å². The Morgan fingerprint density at radius 3 is 2.82 bits per heavy atom. The van der Waals surface area contributed by atoms with E-state index in [9.17, 15) is 4.79 Å². The summed E-state index contributed by atoms with van der Waals surface area (Å²) in [5.74, 6) is 0.332. The van der Waals surface area contributed by atoms with Crippen LogP contribution in [0, 0.1) is 0 Å². The van der Waals surface area contributed by atoms with Crippen LogP contribution < -0.4 is 5.56 Å². The molecule has 0 aromatic carbocycles. The van der Waals surface area contributed by atoms with E-state index in [1.807, 2.05) is 10.6 Å². The molecule has 1 aliphatic carbocycles. The molecule has 0 aliphatic heterocycles. The zero-order valence-electron chi connectivity index (χ0n) is 10.5. The molecule has 0 unspecified atom stereocenters. The maximum absolute atomic E-state index is 12.3. The summed E-state index contributed by atoms with van der Waals surface area (Å²) in [6, 6.07) is 2.03. The number of hydrogen-bond acceptors (Lipinski definition) is 1. The van der Waals surface area contributed by atoms with E-state index in [4.69, 9.17) is 11.6 Å². The quantitative estimate of drug-likeness (QED) is 0.755. The van der Waals surface area contributed by atoms with Crippen molar-refractivity contribution in [1.29, 1.82) is 0 Å². The number of nitrogens with zero attached hydrogens (tertiary/aromatic N) is 1. The van der Waals surface area contributed by atoms with Gasteiger partial charge in [0, 0.05) is 17.8 Å². The molecule has 1 aliphatic rings. The number of pyridine rings is 1. The Morgan fingerprint density at radius 1 is 1.35 bits per heavy atom. The van der Waals surface area contributed by atoms with Crippen LogP contribution in [0.15, 0.2) is 10.9 Å². The molecule has 2 rings (SSSR count). The van der Waals surface area contributed by atoms with E-state index in [0.29, 0.717) is 5.88 Å². The molecular formula is C14H20ClNO. The summed E-state index contributed by atoms with van der Waals surface area (Å²) in [7, 11) is 0. The second-order valence-corrected chi connectivity index (χ2v) is 5.06. The Morgan fingerprint density at radius 2 is 2.12 bits per heavy atom. The first kappa shape index (κ1) is 12.7. The Hall–Kier alpha value is -0.760. The third-order valence-corrected chi connectivity index (χ3v) is 3.84. The summed E-state index contributed by atoms with van der Waals surface area (Å²) < 4.78 is 1.98. The van der Waals surface area contributed by atoms with Crippen LogP contribution >= 0.6 is 11.6 Å². The van der Waals surface area contributed by atoms with E-state index in [-0.39, 0.29) is 5.56 Å². The molecule has 0 atom stereocenters. The van der Waals surface area contributed by atoms with Crippen molar-refractivity contribution in [2.75, 3.05) is 0 Å². The molecule has 17 heavy (non-hydrogen) atoms. The third-order valence-electron chi connectivity index (χ3n) is 3.55. The predicted octanol–water partition coefficient (Wildman–Crippen LogP) is 3.27. The lowest BCUT2D eigenvalue weighted by Crippen LogP contribution is -2.29. The smallest absolute Gasteiger partial charge is 0.255 e. The largest absolute Gasteiger partial charge is 0.312 e. The van der Waals surface area contributed by atoms with Crippen LogP contribution in [0.25, 0.3) is 0 Å². The number of alkyl halides is 1. The van der Waals surface area contributed by atoms with Gasteiger partial charge in [-0.3, -0.25) is 4.79 Å². The first-order valence-corrected chi connectivity index (χ1v) is 7.11. The van der Waals surface area contributed by atoms with Gasteiger partial charge in [-0.05, 0) is 43.7 Å². The Bertz CT molecular complexity index is 450. The minimum atomic E-state index is 0.133. The molecule has 3 heteroatoms. The number of rotatable bonds is 4. The summed E-state index contributed by atoms with van der Waals surface area (Å²) in [6.07, 6.45) is 6.78. The molecule has 0 N–H and O–H groups in total. The lowest BCUT2D eigenvalue weighted by molar-refractivity contribution is 0.546. The highest BCUT2D eigenvalue weighted by atomic mass is 35.5. The van der Waals surface area contributed by atoms with Crippen molar-refractivity contribution in [2.24, 2.45) is 0 Å². The molecule has 1 heterocycles. The number of hydrogen-bond donors (Lipinski definition) is 0. The van der Waals surface area contributed by atoms with Crippen molar-refractivity contribution in [3.8, 4) is 0 Å². The Labute approximate surface area is 108 Å². The second kappa shape index (κ2) is 5.72. The van der Waals surface area contributed by atoms with E-state index < -0.39 is 0 Å². The first-order valence-electron chi connectivity index (χ1n) is 6.58. The van der Waals surface area contributed by atoms with Crippen molar-refractivity contribution in [1.82, 2.24) is 4.57 Å². The van der Waals surface area contributed by atoms with Gasteiger partial charge in [0.05, 0.1) is 5.88 Å². The lowest BCUT2D eigenvalue weighted by Gasteiger charge is -2.22. The zero-order valence-corrected chi connectivity index (χ0v) is 11.2. The molecule has 1 aromatic heterocycles. The lowest BCUT2D eigenvalue weighted by atomic mass is 9.94. The van der Waals surface area contributed by atoms with Gasteiger partial charge in [-0.2, -0.15) is 0 Å². The van der Waals surface area contributed by atoms with Crippen LogP contribution in [-0.4, -0.2) is 4.57 Å². The molecule has 0 fully saturated rings. The molecule has 2 nitrogen and oxygen atoms in total. The van der Waals surface area contributed by atoms with Crippen molar-refractivity contribution >= 4 is 11.6 Å². The van der Waals surface area contributed by atoms with Crippen LogP contribution in [0.5, 0.6) is 0 Å². The highest BCUT2D eigenvalue weighted by Gasteiger charge is 2.16. The number of aryl methyl sites for hydroxylation is 1. The molecule has 0 saturated heterocycles. The van der Waals surface area contributed by atoms with Gasteiger partial charge >= 0.3 is 0 Å².